The number of benzene rings is 1. The lowest BCUT2D eigenvalue weighted by Gasteiger charge is -2.37. The van der Waals surface area contributed by atoms with Gasteiger partial charge in [-0.25, -0.2) is 9.18 Å². The van der Waals surface area contributed by atoms with Crippen LogP contribution in [0.15, 0.2) is 48.2 Å². The number of nitrogens with zero attached hydrogens (tertiary/aromatic N) is 3. The Morgan fingerprint density at radius 1 is 1.28 bits per heavy atom. The second-order valence-corrected chi connectivity index (χ2v) is 8.92. The number of carbonyl (C=O) groups is 2. The van der Waals surface area contributed by atoms with Crippen molar-refractivity contribution in [1.82, 2.24) is 14.7 Å². The molecule has 1 saturated carbocycles. The topological polar surface area (TPSA) is 64.4 Å². The van der Waals surface area contributed by atoms with Gasteiger partial charge in [-0.15, -0.1) is 0 Å². The number of ketones is 1. The van der Waals surface area contributed by atoms with Crippen LogP contribution in [0.25, 0.3) is 0 Å². The number of Topliss-reactive ketones (excluding diaryl/α,β-unsaturated/α-hetero) is 1. The van der Waals surface area contributed by atoms with Crippen LogP contribution >= 0.6 is 12.6 Å². The Balaban J connectivity index is 1.52. The van der Waals surface area contributed by atoms with E-state index in [-0.39, 0.29) is 28.5 Å². The van der Waals surface area contributed by atoms with Gasteiger partial charge in [-0.3, -0.25) is 14.4 Å². The molecular formula is C24H28FN3O3S. The average molecular weight is 458 g/mol. The van der Waals surface area contributed by atoms with Crippen molar-refractivity contribution in [3.63, 3.8) is 0 Å². The predicted molar refractivity (Wildman–Crippen MR) is 122 cm³/mol. The molecule has 0 amide bonds. The van der Waals surface area contributed by atoms with Crippen LogP contribution in [-0.4, -0.2) is 51.4 Å². The number of piperidine rings is 1. The minimum absolute atomic E-state index is 0.0335. The van der Waals surface area contributed by atoms with Crippen LogP contribution in [0.1, 0.15) is 48.3 Å². The number of thiol groups is 1. The first kappa shape index (κ1) is 22.7. The van der Waals surface area contributed by atoms with E-state index >= 15 is 0 Å². The van der Waals surface area contributed by atoms with Gasteiger partial charge in [0, 0.05) is 36.0 Å². The van der Waals surface area contributed by atoms with E-state index < -0.39 is 12.0 Å². The summed E-state index contributed by atoms with van der Waals surface area (Å²) in [6.07, 6.45) is 6.31. The van der Waals surface area contributed by atoms with E-state index in [1.807, 2.05) is 6.08 Å². The zero-order valence-electron chi connectivity index (χ0n) is 18.1. The van der Waals surface area contributed by atoms with Crippen molar-refractivity contribution < 1.29 is 18.7 Å². The van der Waals surface area contributed by atoms with Crippen molar-refractivity contribution >= 4 is 24.4 Å². The van der Waals surface area contributed by atoms with Gasteiger partial charge in [0.2, 0.25) is 0 Å². The first-order valence-corrected chi connectivity index (χ1v) is 11.6. The second kappa shape index (κ2) is 10.0. The fourth-order valence-electron chi connectivity index (χ4n) is 4.12. The van der Waals surface area contributed by atoms with Crippen LogP contribution < -0.4 is 0 Å². The Kier molecular flexibility index (Phi) is 7.10. The number of hydrogen-bond acceptors (Lipinski definition) is 6. The third kappa shape index (κ3) is 5.13. The minimum atomic E-state index is -0.576. The lowest BCUT2D eigenvalue weighted by atomic mass is 9.93. The molecule has 2 unspecified atom stereocenters. The van der Waals surface area contributed by atoms with Gasteiger partial charge in [0.05, 0.1) is 19.2 Å². The molecule has 32 heavy (non-hydrogen) atoms. The molecule has 1 saturated heterocycles. The smallest absolute Gasteiger partial charge is 0.358 e. The van der Waals surface area contributed by atoms with E-state index in [1.54, 1.807) is 42.1 Å². The van der Waals surface area contributed by atoms with E-state index in [2.05, 4.69) is 10.00 Å². The Bertz CT molecular complexity index is 1020. The highest BCUT2D eigenvalue weighted by molar-refractivity contribution is 7.81. The van der Waals surface area contributed by atoms with Crippen molar-refractivity contribution in [2.45, 2.75) is 44.0 Å². The molecule has 0 spiro atoms. The molecule has 1 aromatic carbocycles. The van der Waals surface area contributed by atoms with E-state index in [0.29, 0.717) is 31.8 Å². The Morgan fingerprint density at radius 2 is 2.06 bits per heavy atom. The first-order chi connectivity index (χ1) is 15.5. The van der Waals surface area contributed by atoms with Gasteiger partial charge >= 0.3 is 5.97 Å². The highest BCUT2D eigenvalue weighted by Gasteiger charge is 2.40. The van der Waals surface area contributed by atoms with Crippen molar-refractivity contribution in [2.75, 3.05) is 19.7 Å². The van der Waals surface area contributed by atoms with Gasteiger partial charge in [-0.05, 0) is 43.9 Å². The van der Waals surface area contributed by atoms with E-state index in [0.717, 1.165) is 24.8 Å². The number of likely N-dealkylation sites (tertiary alicyclic amines) is 1. The molecule has 1 aromatic heterocycles. The summed E-state index contributed by atoms with van der Waals surface area (Å²) in [5.41, 5.74) is 1.79. The molecule has 4 rings (SSSR count). The summed E-state index contributed by atoms with van der Waals surface area (Å²) in [6.45, 7) is 3.75. The number of aromatic nitrogens is 2. The van der Waals surface area contributed by atoms with E-state index in [1.165, 1.54) is 6.07 Å². The molecular weight excluding hydrogens is 429 g/mol. The molecule has 2 fully saturated rings. The summed E-state index contributed by atoms with van der Waals surface area (Å²) in [4.78, 5) is 27.0. The Labute approximate surface area is 192 Å². The van der Waals surface area contributed by atoms with Gasteiger partial charge in [0.1, 0.15) is 5.82 Å². The monoisotopic (exact) mass is 457 g/mol. The lowest BCUT2D eigenvalue weighted by molar-refractivity contribution is -0.126. The average Bonchev–Trinajstić information content (AvgIpc) is 3.53. The predicted octanol–water partition coefficient (Wildman–Crippen LogP) is 3.85. The summed E-state index contributed by atoms with van der Waals surface area (Å²) in [5.74, 6) is -0.640. The van der Waals surface area contributed by atoms with Gasteiger partial charge in [0.15, 0.2) is 11.5 Å². The molecule has 2 atom stereocenters. The quantitative estimate of drug-likeness (QED) is 0.371. The molecule has 2 aliphatic rings. The van der Waals surface area contributed by atoms with Crippen molar-refractivity contribution in [3.8, 4) is 0 Å². The summed E-state index contributed by atoms with van der Waals surface area (Å²) in [5, 5.41) is 4.33. The number of esters is 1. The van der Waals surface area contributed by atoms with Crippen LogP contribution in [0.5, 0.6) is 0 Å². The zero-order valence-corrected chi connectivity index (χ0v) is 19.0. The van der Waals surface area contributed by atoms with Crippen LogP contribution in [0, 0.1) is 11.7 Å². The molecule has 0 bridgehead atoms. The summed E-state index contributed by atoms with van der Waals surface area (Å²) in [6, 6.07) is 7.63. The molecule has 0 radical (unpaired) electrons. The molecule has 8 heteroatoms. The highest BCUT2D eigenvalue weighted by Crippen LogP contribution is 2.39. The summed E-state index contributed by atoms with van der Waals surface area (Å²) < 4.78 is 21.3. The van der Waals surface area contributed by atoms with Crippen LogP contribution in [-0.2, 0) is 16.1 Å². The maximum atomic E-state index is 14.6. The number of ether oxygens (including phenoxy) is 1. The van der Waals surface area contributed by atoms with Crippen LogP contribution in [0.4, 0.5) is 4.39 Å². The molecule has 1 aliphatic carbocycles. The standard InChI is InChI=1S/C24H28FN3O3S/c1-2-31-24(30)20-10-14-28(26-20)13-9-17-15-27(12-11-21(17)32)22(23(29)16-7-8-16)18-5-3-4-6-19(18)25/h3-6,9-10,14,16,21-22,32H,2,7-8,11-13,15H2,1H3/b17-9+. The molecule has 1 aliphatic heterocycles. The van der Waals surface area contributed by atoms with Gasteiger partial charge in [0.25, 0.3) is 0 Å². The molecule has 170 valence electrons. The maximum Gasteiger partial charge on any atom is 0.358 e. The number of carbonyl (C=O) groups excluding carboxylic acids is 2. The highest BCUT2D eigenvalue weighted by atomic mass is 32.1. The number of hydrogen-bond donors (Lipinski definition) is 1. The maximum absolute atomic E-state index is 14.6. The van der Waals surface area contributed by atoms with Crippen molar-refractivity contribution in [1.29, 1.82) is 0 Å². The summed E-state index contributed by atoms with van der Waals surface area (Å²) >= 11 is 4.73. The third-order valence-electron chi connectivity index (χ3n) is 5.98. The van der Waals surface area contributed by atoms with Crippen molar-refractivity contribution in [3.05, 3.63) is 65.3 Å². The number of rotatable bonds is 8. The first-order valence-electron chi connectivity index (χ1n) is 11.1. The zero-order chi connectivity index (χ0) is 22.7. The molecule has 6 nitrogen and oxygen atoms in total. The molecule has 2 aromatic rings. The van der Waals surface area contributed by atoms with Gasteiger partial charge in [-0.1, -0.05) is 24.3 Å². The molecule has 0 N–H and O–H groups in total. The fraction of sp³-hybridized carbons (Fsp3) is 0.458. The Morgan fingerprint density at radius 3 is 2.78 bits per heavy atom. The number of allylic oxidation sites excluding steroid dienone is 1. The van der Waals surface area contributed by atoms with E-state index in [4.69, 9.17) is 17.4 Å². The Hall–Kier alpha value is -2.45. The van der Waals surface area contributed by atoms with Gasteiger partial charge in [-0.2, -0.15) is 17.7 Å². The lowest BCUT2D eigenvalue weighted by Crippen LogP contribution is -2.42. The van der Waals surface area contributed by atoms with Crippen molar-refractivity contribution in [2.24, 2.45) is 5.92 Å². The van der Waals surface area contributed by atoms with Crippen LogP contribution in [0.2, 0.25) is 0 Å². The largest absolute Gasteiger partial charge is 0.461 e. The third-order valence-corrected chi connectivity index (χ3v) is 6.57. The second-order valence-electron chi connectivity index (χ2n) is 8.30. The molecule has 2 heterocycles. The van der Waals surface area contributed by atoms with Gasteiger partial charge < -0.3 is 4.74 Å². The SMILES string of the molecule is CCOC(=O)c1ccn(C/C=C2\CN(C(C(=O)C3CC3)c3ccccc3F)CCC2S)n1. The van der Waals surface area contributed by atoms with E-state index in [9.17, 15) is 14.0 Å². The number of halogens is 1. The fourth-order valence-corrected chi connectivity index (χ4v) is 4.42. The summed E-state index contributed by atoms with van der Waals surface area (Å²) in [7, 11) is 0. The minimum Gasteiger partial charge on any atom is -0.461 e. The normalized spacial score (nSPS) is 21.5. The van der Waals surface area contributed by atoms with Crippen LogP contribution in [0.3, 0.4) is 0 Å².